The molecule has 0 aromatic heterocycles. The lowest BCUT2D eigenvalue weighted by atomic mass is 9.98. The summed E-state index contributed by atoms with van der Waals surface area (Å²) >= 11 is 0. The van der Waals surface area contributed by atoms with Crippen molar-refractivity contribution in [3.8, 4) is 0 Å². The molecular formula is C18H28N2O3S. The van der Waals surface area contributed by atoms with Crippen LogP contribution in [0.5, 0.6) is 0 Å². The highest BCUT2D eigenvalue weighted by molar-refractivity contribution is 7.92. The van der Waals surface area contributed by atoms with Crippen molar-refractivity contribution in [2.24, 2.45) is 5.92 Å². The third kappa shape index (κ3) is 4.29. The fraction of sp³-hybridized carbons (Fsp3) is 0.611. The van der Waals surface area contributed by atoms with Crippen molar-refractivity contribution in [1.82, 2.24) is 4.90 Å². The van der Waals surface area contributed by atoms with Crippen LogP contribution in [0.2, 0.25) is 0 Å². The lowest BCUT2D eigenvalue weighted by Gasteiger charge is -2.37. The van der Waals surface area contributed by atoms with E-state index in [9.17, 15) is 13.2 Å². The van der Waals surface area contributed by atoms with Crippen molar-refractivity contribution in [3.05, 3.63) is 29.8 Å². The second-order valence-corrected chi connectivity index (χ2v) is 8.69. The van der Waals surface area contributed by atoms with E-state index in [-0.39, 0.29) is 5.91 Å². The van der Waals surface area contributed by atoms with E-state index in [1.807, 2.05) is 30.9 Å². The minimum absolute atomic E-state index is 0.0876. The highest BCUT2D eigenvalue weighted by Gasteiger charge is 2.35. The molecule has 0 bridgehead atoms. The van der Waals surface area contributed by atoms with Crippen molar-refractivity contribution >= 4 is 21.6 Å². The van der Waals surface area contributed by atoms with Gasteiger partial charge in [0.25, 0.3) is 0 Å². The summed E-state index contributed by atoms with van der Waals surface area (Å²) in [7, 11) is -3.55. The Bertz CT molecular complexity index is 662. The first-order valence-corrected chi connectivity index (χ1v) is 10.4. The van der Waals surface area contributed by atoms with Crippen LogP contribution in [-0.2, 0) is 14.8 Å². The second kappa shape index (κ2) is 7.55. The Morgan fingerprint density at radius 1 is 1.25 bits per heavy atom. The van der Waals surface area contributed by atoms with Gasteiger partial charge >= 0.3 is 0 Å². The van der Waals surface area contributed by atoms with Gasteiger partial charge in [0.05, 0.1) is 11.9 Å². The van der Waals surface area contributed by atoms with Crippen LogP contribution >= 0.6 is 0 Å². The summed E-state index contributed by atoms with van der Waals surface area (Å²) in [6, 6.07) is 6.59. The summed E-state index contributed by atoms with van der Waals surface area (Å²) in [6.07, 6.45) is 3.57. The summed E-state index contributed by atoms with van der Waals surface area (Å²) in [4.78, 5) is 14.8. The zero-order chi connectivity index (χ0) is 17.9. The van der Waals surface area contributed by atoms with E-state index in [4.69, 9.17) is 0 Å². The largest absolute Gasteiger partial charge is 0.341 e. The van der Waals surface area contributed by atoms with Gasteiger partial charge in [-0.05, 0) is 44.2 Å². The molecule has 1 amide bonds. The maximum absolute atomic E-state index is 13.0. The number of amides is 1. The highest BCUT2D eigenvalue weighted by atomic mass is 32.2. The predicted molar refractivity (Wildman–Crippen MR) is 97.6 cm³/mol. The van der Waals surface area contributed by atoms with E-state index >= 15 is 0 Å². The zero-order valence-electron chi connectivity index (χ0n) is 15.0. The smallest absolute Gasteiger partial charge is 0.246 e. The standard InChI is InChI=1S/C18H28N2O3S/c1-5-17(18(21)19-12-10-15(3)11-13-19)20(24(4,22)23)16-8-6-14(2)7-9-16/h6-9,15,17H,5,10-13H2,1-4H3. The van der Waals surface area contributed by atoms with E-state index in [2.05, 4.69) is 6.92 Å². The van der Waals surface area contributed by atoms with Crippen LogP contribution in [0.1, 0.15) is 38.7 Å². The van der Waals surface area contributed by atoms with Crippen molar-refractivity contribution < 1.29 is 13.2 Å². The summed E-state index contributed by atoms with van der Waals surface area (Å²) in [6.45, 7) is 7.42. The maximum Gasteiger partial charge on any atom is 0.246 e. The van der Waals surface area contributed by atoms with Gasteiger partial charge in [-0.25, -0.2) is 8.42 Å². The average molecular weight is 353 g/mol. The molecule has 1 fully saturated rings. The summed E-state index contributed by atoms with van der Waals surface area (Å²) in [5.74, 6) is 0.535. The van der Waals surface area contributed by atoms with Gasteiger partial charge in [0.15, 0.2) is 0 Å². The monoisotopic (exact) mass is 352 g/mol. The molecule has 5 nitrogen and oxygen atoms in total. The van der Waals surface area contributed by atoms with E-state index in [0.29, 0.717) is 31.1 Å². The van der Waals surface area contributed by atoms with Gasteiger partial charge in [-0.15, -0.1) is 0 Å². The van der Waals surface area contributed by atoms with Crippen LogP contribution in [0.25, 0.3) is 0 Å². The van der Waals surface area contributed by atoms with Crippen LogP contribution in [-0.4, -0.2) is 44.6 Å². The average Bonchev–Trinajstić information content (AvgIpc) is 2.52. The molecule has 0 aliphatic carbocycles. The van der Waals surface area contributed by atoms with Crippen LogP contribution in [0, 0.1) is 12.8 Å². The molecule has 24 heavy (non-hydrogen) atoms. The number of hydrogen-bond donors (Lipinski definition) is 0. The Kier molecular flexibility index (Phi) is 5.91. The van der Waals surface area contributed by atoms with Gasteiger partial charge in [-0.1, -0.05) is 31.5 Å². The first-order chi connectivity index (χ1) is 11.2. The summed E-state index contributed by atoms with van der Waals surface area (Å²) in [5.41, 5.74) is 1.60. The topological polar surface area (TPSA) is 57.7 Å². The number of carbonyl (C=O) groups is 1. The number of nitrogens with zero attached hydrogens (tertiary/aromatic N) is 2. The van der Waals surface area contributed by atoms with Gasteiger partial charge in [-0.2, -0.15) is 0 Å². The number of carbonyl (C=O) groups excluding carboxylic acids is 1. The molecule has 1 unspecified atom stereocenters. The Morgan fingerprint density at radius 2 is 1.79 bits per heavy atom. The number of benzene rings is 1. The molecular weight excluding hydrogens is 324 g/mol. The van der Waals surface area contributed by atoms with Gasteiger partial charge in [-0.3, -0.25) is 9.10 Å². The zero-order valence-corrected chi connectivity index (χ0v) is 15.8. The molecule has 1 aliphatic rings. The fourth-order valence-electron chi connectivity index (χ4n) is 3.17. The van der Waals surface area contributed by atoms with Gasteiger partial charge < -0.3 is 4.90 Å². The SMILES string of the molecule is CCC(C(=O)N1CCC(C)CC1)N(c1ccc(C)cc1)S(C)(=O)=O. The molecule has 2 rings (SSSR count). The first-order valence-electron chi connectivity index (χ1n) is 8.59. The van der Waals surface area contributed by atoms with Crippen LogP contribution in [0.4, 0.5) is 5.69 Å². The van der Waals surface area contributed by atoms with Crippen LogP contribution < -0.4 is 4.31 Å². The molecule has 1 heterocycles. The van der Waals surface area contributed by atoms with Crippen molar-refractivity contribution in [2.45, 2.75) is 46.1 Å². The molecule has 0 radical (unpaired) electrons. The number of rotatable bonds is 5. The minimum atomic E-state index is -3.55. The molecule has 0 N–H and O–H groups in total. The number of anilines is 1. The van der Waals surface area contributed by atoms with E-state index < -0.39 is 16.1 Å². The van der Waals surface area contributed by atoms with Crippen LogP contribution in [0.15, 0.2) is 24.3 Å². The third-order valence-corrected chi connectivity index (χ3v) is 5.88. The number of likely N-dealkylation sites (tertiary alicyclic amines) is 1. The van der Waals surface area contributed by atoms with Gasteiger partial charge in [0, 0.05) is 13.1 Å². The lowest BCUT2D eigenvalue weighted by Crippen LogP contribution is -2.52. The molecule has 0 spiro atoms. The number of sulfonamides is 1. The minimum Gasteiger partial charge on any atom is -0.341 e. The molecule has 1 atom stereocenters. The second-order valence-electron chi connectivity index (χ2n) is 6.83. The van der Waals surface area contributed by atoms with Crippen LogP contribution in [0.3, 0.4) is 0 Å². The fourth-order valence-corrected chi connectivity index (χ4v) is 4.38. The molecule has 134 valence electrons. The van der Waals surface area contributed by atoms with Gasteiger partial charge in [0.1, 0.15) is 6.04 Å². The normalized spacial score (nSPS) is 17.6. The quantitative estimate of drug-likeness (QED) is 0.819. The molecule has 1 aromatic carbocycles. The van der Waals surface area contributed by atoms with E-state index in [0.717, 1.165) is 18.4 Å². The predicted octanol–water partition coefficient (Wildman–Crippen LogP) is 2.80. The van der Waals surface area contributed by atoms with E-state index in [1.165, 1.54) is 10.6 Å². The number of aryl methyl sites for hydroxylation is 1. The molecule has 6 heteroatoms. The first kappa shape index (κ1) is 18.8. The third-order valence-electron chi connectivity index (χ3n) is 4.70. The highest BCUT2D eigenvalue weighted by Crippen LogP contribution is 2.25. The number of piperidine rings is 1. The molecule has 1 saturated heterocycles. The Morgan fingerprint density at radius 3 is 2.25 bits per heavy atom. The summed E-state index contributed by atoms with van der Waals surface area (Å²) < 4.78 is 26.1. The Hall–Kier alpha value is -1.56. The lowest BCUT2D eigenvalue weighted by molar-refractivity contribution is -0.133. The maximum atomic E-state index is 13.0. The number of hydrogen-bond acceptors (Lipinski definition) is 3. The summed E-state index contributed by atoms with van der Waals surface area (Å²) in [5, 5.41) is 0. The van der Waals surface area contributed by atoms with Gasteiger partial charge in [0.2, 0.25) is 15.9 Å². The molecule has 1 aliphatic heterocycles. The Labute approximate surface area is 145 Å². The van der Waals surface area contributed by atoms with Crippen molar-refractivity contribution in [1.29, 1.82) is 0 Å². The molecule has 0 saturated carbocycles. The molecule has 1 aromatic rings. The van der Waals surface area contributed by atoms with E-state index in [1.54, 1.807) is 12.1 Å². The van der Waals surface area contributed by atoms with Crippen molar-refractivity contribution in [3.63, 3.8) is 0 Å². The van der Waals surface area contributed by atoms with Crippen molar-refractivity contribution in [2.75, 3.05) is 23.7 Å². The Balaban J connectivity index is 2.32.